The number of hydrogen-bond donors (Lipinski definition) is 0. The number of benzene rings is 3. The van der Waals surface area contributed by atoms with Gasteiger partial charge in [0.05, 0.1) is 16.4 Å². The summed E-state index contributed by atoms with van der Waals surface area (Å²) < 4.78 is 42.2. The second-order valence-electron chi connectivity index (χ2n) is 7.31. The predicted molar refractivity (Wildman–Crippen MR) is 126 cm³/mol. The fourth-order valence-electron chi connectivity index (χ4n) is 3.28. The summed E-state index contributed by atoms with van der Waals surface area (Å²) in [6.07, 6.45) is 1.51. The van der Waals surface area contributed by atoms with Gasteiger partial charge in [-0.1, -0.05) is 54.0 Å². The monoisotopic (exact) mass is 472 g/mol. The Bertz CT molecular complexity index is 1520. The summed E-state index contributed by atoms with van der Waals surface area (Å²) in [6, 6.07) is 18.0. The Balaban J connectivity index is 1.80. The van der Waals surface area contributed by atoms with Crippen molar-refractivity contribution >= 4 is 21.8 Å². The minimum atomic E-state index is -4.08. The summed E-state index contributed by atoms with van der Waals surface area (Å²) in [5.74, 6) is 11.4. The second kappa shape index (κ2) is 9.72. The third-order valence-electron chi connectivity index (χ3n) is 5.03. The lowest BCUT2D eigenvalue weighted by atomic mass is 10.1. The highest BCUT2D eigenvalue weighted by atomic mass is 32.2. The molecule has 3 aromatic carbocycles. The number of hydrogen-bond acceptors (Lipinski definition) is 4. The van der Waals surface area contributed by atoms with E-state index in [0.29, 0.717) is 16.7 Å². The lowest BCUT2D eigenvalue weighted by Gasteiger charge is -2.20. The number of sulfonamides is 1. The molecule has 0 amide bonds. The van der Waals surface area contributed by atoms with E-state index in [-0.39, 0.29) is 29.2 Å². The molecule has 0 bridgehead atoms. The molecule has 0 aromatic heterocycles. The Labute approximate surface area is 196 Å². The van der Waals surface area contributed by atoms with Crippen molar-refractivity contribution in [2.45, 2.75) is 4.90 Å². The fourth-order valence-corrected chi connectivity index (χ4v) is 4.60. The normalized spacial score (nSPS) is 14.8. The second-order valence-corrected chi connectivity index (χ2v) is 9.25. The molecule has 0 saturated carbocycles. The van der Waals surface area contributed by atoms with Crippen molar-refractivity contribution < 1.29 is 17.7 Å². The number of halogens is 1. The van der Waals surface area contributed by atoms with Crippen LogP contribution in [0.25, 0.3) is 6.08 Å². The van der Waals surface area contributed by atoms with Gasteiger partial charge in [-0.25, -0.2) is 12.8 Å². The molecule has 4 rings (SSSR count). The molecule has 1 aliphatic rings. The first-order valence-corrected chi connectivity index (χ1v) is 11.6. The maximum Gasteiger partial charge on any atom is 0.269 e. The predicted octanol–water partition coefficient (Wildman–Crippen LogP) is 4.23. The number of rotatable bonds is 4. The van der Waals surface area contributed by atoms with Gasteiger partial charge in [0.1, 0.15) is 5.82 Å². The maximum absolute atomic E-state index is 14.3. The highest BCUT2D eigenvalue weighted by Crippen LogP contribution is 2.22. The zero-order chi connectivity index (χ0) is 24.1. The zero-order valence-electron chi connectivity index (χ0n) is 17.7. The Morgan fingerprint density at radius 2 is 1.56 bits per heavy atom. The summed E-state index contributed by atoms with van der Waals surface area (Å²) >= 11 is 0. The molecule has 0 spiro atoms. The molecule has 1 aliphatic heterocycles. The molecule has 0 fully saturated rings. The van der Waals surface area contributed by atoms with Crippen LogP contribution in [0.5, 0.6) is 0 Å². The first kappa shape index (κ1) is 22.9. The van der Waals surface area contributed by atoms with Crippen LogP contribution in [0.3, 0.4) is 0 Å². The molecule has 6 nitrogen and oxygen atoms in total. The van der Waals surface area contributed by atoms with Gasteiger partial charge in [-0.15, -0.1) is 0 Å². The van der Waals surface area contributed by atoms with E-state index >= 15 is 0 Å². The standard InChI is InChI=1S/C26H17FN2O4S/c27-26-10-4-3-8-23(26)18-20-11-12-22-7-2-1-6-21(22)9-5-17-28(19-20)34(32,33)25-15-13-24(14-16-25)29(30)31/h1-4,6-8,10,13-16,18H,17,19H2/b20-18-. The SMILES string of the molecule is O=[N+]([O-])c1ccc(S(=O)(=O)N2CC#Cc3ccccc3C#C/C(=C/c3ccccc3F)C2)cc1. The van der Waals surface area contributed by atoms with Crippen molar-refractivity contribution in [3.63, 3.8) is 0 Å². The molecular weight excluding hydrogens is 455 g/mol. The van der Waals surface area contributed by atoms with E-state index in [9.17, 15) is 22.9 Å². The molecule has 0 N–H and O–H groups in total. The van der Waals surface area contributed by atoms with E-state index in [1.807, 2.05) is 18.2 Å². The van der Waals surface area contributed by atoms with Gasteiger partial charge in [0.15, 0.2) is 0 Å². The van der Waals surface area contributed by atoms with Crippen LogP contribution in [0.2, 0.25) is 0 Å². The van der Waals surface area contributed by atoms with E-state index in [4.69, 9.17) is 0 Å². The quantitative estimate of drug-likeness (QED) is 0.323. The average molecular weight is 472 g/mol. The van der Waals surface area contributed by atoms with Gasteiger partial charge in [0.25, 0.3) is 5.69 Å². The molecular formula is C26H17FN2O4S. The van der Waals surface area contributed by atoms with Crippen molar-refractivity contribution in [2.75, 3.05) is 13.1 Å². The fraction of sp³-hybridized carbons (Fsp3) is 0.0769. The van der Waals surface area contributed by atoms with Crippen LogP contribution in [-0.4, -0.2) is 30.7 Å². The summed E-state index contributed by atoms with van der Waals surface area (Å²) in [4.78, 5) is 10.2. The van der Waals surface area contributed by atoms with Crippen LogP contribution in [0.1, 0.15) is 16.7 Å². The average Bonchev–Trinajstić information content (AvgIpc) is 2.84. The van der Waals surface area contributed by atoms with Gasteiger partial charge in [-0.3, -0.25) is 10.1 Å². The van der Waals surface area contributed by atoms with Gasteiger partial charge >= 0.3 is 0 Å². The number of nitro groups is 1. The number of nitrogens with zero attached hydrogens (tertiary/aromatic N) is 2. The Hall–Kier alpha value is -4.24. The van der Waals surface area contributed by atoms with E-state index in [1.165, 1.54) is 24.3 Å². The van der Waals surface area contributed by atoms with Crippen LogP contribution in [0.15, 0.2) is 83.3 Å². The van der Waals surface area contributed by atoms with Gasteiger partial charge in [0, 0.05) is 40.9 Å². The third kappa shape index (κ3) is 5.05. The smallest absolute Gasteiger partial charge is 0.258 e. The van der Waals surface area contributed by atoms with E-state index < -0.39 is 20.8 Å². The summed E-state index contributed by atoms with van der Waals surface area (Å²) in [5, 5.41) is 10.9. The molecule has 0 atom stereocenters. The number of non-ortho nitro benzene ring substituents is 1. The molecule has 34 heavy (non-hydrogen) atoms. The Morgan fingerprint density at radius 3 is 2.24 bits per heavy atom. The molecule has 0 aliphatic carbocycles. The molecule has 8 heteroatoms. The first-order chi connectivity index (χ1) is 16.3. The highest BCUT2D eigenvalue weighted by molar-refractivity contribution is 7.89. The maximum atomic E-state index is 14.3. The van der Waals surface area contributed by atoms with E-state index in [0.717, 1.165) is 16.4 Å². The molecule has 1 heterocycles. The highest BCUT2D eigenvalue weighted by Gasteiger charge is 2.25. The van der Waals surface area contributed by atoms with Crippen LogP contribution >= 0.6 is 0 Å². The molecule has 3 aromatic rings. The van der Waals surface area contributed by atoms with Crippen molar-refractivity contribution in [3.8, 4) is 23.7 Å². The van der Waals surface area contributed by atoms with Crippen molar-refractivity contribution in [1.29, 1.82) is 0 Å². The van der Waals surface area contributed by atoms with Gasteiger partial charge < -0.3 is 0 Å². The Morgan fingerprint density at radius 1 is 0.912 bits per heavy atom. The zero-order valence-corrected chi connectivity index (χ0v) is 18.5. The largest absolute Gasteiger partial charge is 0.269 e. The molecule has 0 radical (unpaired) electrons. The topological polar surface area (TPSA) is 80.5 Å². The minimum Gasteiger partial charge on any atom is -0.258 e. The van der Waals surface area contributed by atoms with E-state index in [1.54, 1.807) is 24.3 Å². The third-order valence-corrected chi connectivity index (χ3v) is 6.84. The van der Waals surface area contributed by atoms with Crippen molar-refractivity contribution in [2.24, 2.45) is 0 Å². The van der Waals surface area contributed by atoms with Crippen LogP contribution in [0, 0.1) is 39.6 Å². The first-order valence-electron chi connectivity index (χ1n) is 10.1. The minimum absolute atomic E-state index is 0.115. The van der Waals surface area contributed by atoms with Crippen molar-refractivity contribution in [1.82, 2.24) is 4.31 Å². The number of fused-ring (bicyclic) bond motifs is 1. The van der Waals surface area contributed by atoms with Gasteiger partial charge in [-0.05, 0) is 36.4 Å². The Kier molecular flexibility index (Phi) is 6.55. The van der Waals surface area contributed by atoms with Crippen molar-refractivity contribution in [3.05, 3.63) is 111 Å². The summed E-state index contributed by atoms with van der Waals surface area (Å²) in [6.45, 7) is -0.304. The summed E-state index contributed by atoms with van der Waals surface area (Å²) in [5.41, 5.74) is 1.75. The van der Waals surface area contributed by atoms with Crippen LogP contribution < -0.4 is 0 Å². The van der Waals surface area contributed by atoms with Crippen LogP contribution in [-0.2, 0) is 10.0 Å². The summed E-state index contributed by atoms with van der Waals surface area (Å²) in [7, 11) is -4.08. The molecule has 0 unspecified atom stereocenters. The lowest BCUT2D eigenvalue weighted by molar-refractivity contribution is -0.384. The lowest BCUT2D eigenvalue weighted by Crippen LogP contribution is -2.33. The van der Waals surface area contributed by atoms with Crippen LogP contribution in [0.4, 0.5) is 10.1 Å². The van der Waals surface area contributed by atoms with Gasteiger partial charge in [-0.2, -0.15) is 4.31 Å². The molecule has 0 saturated heterocycles. The van der Waals surface area contributed by atoms with E-state index in [2.05, 4.69) is 23.7 Å². The van der Waals surface area contributed by atoms with Gasteiger partial charge in [0.2, 0.25) is 10.0 Å². The number of nitro benzene ring substituents is 1. The molecule has 168 valence electrons.